The third-order valence-corrected chi connectivity index (χ3v) is 3.44. The van der Waals surface area contributed by atoms with Gasteiger partial charge in [-0.1, -0.05) is 0 Å². The number of methoxy groups -OCH3 is 1. The Morgan fingerprint density at radius 2 is 2.16 bits per heavy atom. The molecule has 0 amide bonds. The van der Waals surface area contributed by atoms with Crippen LogP contribution in [-0.2, 0) is 5.88 Å². The number of hydrogen-bond donors (Lipinski definition) is 0. The van der Waals surface area contributed by atoms with Crippen molar-refractivity contribution in [2.45, 2.75) is 12.3 Å². The van der Waals surface area contributed by atoms with Crippen molar-refractivity contribution in [3.63, 3.8) is 0 Å². The molecule has 7 heteroatoms. The molecule has 0 aliphatic carbocycles. The minimum Gasteiger partial charge on any atom is -0.493 e. The first kappa shape index (κ1) is 15.9. The maximum absolute atomic E-state index is 11.0. The van der Waals surface area contributed by atoms with Gasteiger partial charge in [0, 0.05) is 5.56 Å². The van der Waals surface area contributed by atoms with Crippen molar-refractivity contribution >= 4 is 29.1 Å². The Morgan fingerprint density at radius 1 is 1.42 bits per heavy atom. The third-order valence-electron chi connectivity index (χ3n) is 2.46. The molecule has 0 bridgehead atoms. The monoisotopic (exact) mass is 305 g/mol. The Balaban J connectivity index is 2.94. The van der Waals surface area contributed by atoms with E-state index in [-0.39, 0.29) is 11.6 Å². The standard InChI is InChI=1S/C12H16ClNO4S/c1-17-11-6-9(8-13)10(14(15)16)7-12(11)18-4-3-5-19-2/h6-7H,3-5,8H2,1-2H3. The molecule has 19 heavy (non-hydrogen) atoms. The van der Waals surface area contributed by atoms with Gasteiger partial charge in [0.05, 0.1) is 30.6 Å². The van der Waals surface area contributed by atoms with Crippen LogP contribution in [0.1, 0.15) is 12.0 Å². The van der Waals surface area contributed by atoms with Crippen molar-refractivity contribution in [1.29, 1.82) is 0 Å². The molecule has 0 aromatic heterocycles. The Bertz CT molecular complexity index is 442. The molecule has 106 valence electrons. The molecular weight excluding hydrogens is 290 g/mol. The van der Waals surface area contributed by atoms with Gasteiger partial charge in [-0.3, -0.25) is 10.1 Å². The molecule has 1 aromatic carbocycles. The number of nitro benzene ring substituents is 1. The molecule has 0 heterocycles. The Morgan fingerprint density at radius 3 is 2.68 bits per heavy atom. The third kappa shape index (κ3) is 4.47. The van der Waals surface area contributed by atoms with Crippen molar-refractivity contribution in [3.8, 4) is 11.5 Å². The maximum atomic E-state index is 11.0. The molecule has 0 saturated carbocycles. The zero-order valence-electron chi connectivity index (χ0n) is 10.8. The molecule has 1 aromatic rings. The second-order valence-electron chi connectivity index (χ2n) is 3.72. The predicted octanol–water partition coefficient (Wildman–Crippen LogP) is 3.47. The lowest BCUT2D eigenvalue weighted by atomic mass is 10.2. The second kappa shape index (κ2) is 8.12. The highest BCUT2D eigenvalue weighted by atomic mass is 35.5. The van der Waals surface area contributed by atoms with E-state index in [1.54, 1.807) is 17.8 Å². The Kier molecular flexibility index (Phi) is 6.80. The van der Waals surface area contributed by atoms with Gasteiger partial charge >= 0.3 is 0 Å². The van der Waals surface area contributed by atoms with E-state index in [9.17, 15) is 10.1 Å². The predicted molar refractivity (Wildman–Crippen MR) is 77.7 cm³/mol. The highest BCUT2D eigenvalue weighted by Crippen LogP contribution is 2.35. The van der Waals surface area contributed by atoms with Crippen molar-refractivity contribution in [1.82, 2.24) is 0 Å². The van der Waals surface area contributed by atoms with Crippen LogP contribution in [0.15, 0.2) is 12.1 Å². The number of thioether (sulfide) groups is 1. The molecule has 0 atom stereocenters. The largest absolute Gasteiger partial charge is 0.493 e. The first-order valence-corrected chi connectivity index (χ1v) is 7.59. The fraction of sp³-hybridized carbons (Fsp3) is 0.500. The molecular formula is C12H16ClNO4S. The SMILES string of the molecule is COc1cc(CCl)c([N+](=O)[O-])cc1OCCCSC. The lowest BCUT2D eigenvalue weighted by molar-refractivity contribution is -0.385. The minimum absolute atomic E-state index is 0.0457. The van der Waals surface area contributed by atoms with Gasteiger partial charge in [0.15, 0.2) is 11.5 Å². The molecule has 0 fully saturated rings. The summed E-state index contributed by atoms with van der Waals surface area (Å²) in [5.74, 6) is 1.87. The first-order chi connectivity index (χ1) is 9.13. The van der Waals surface area contributed by atoms with Crippen LogP contribution in [0.3, 0.4) is 0 Å². The average molecular weight is 306 g/mol. The first-order valence-electron chi connectivity index (χ1n) is 5.67. The smallest absolute Gasteiger partial charge is 0.277 e. The van der Waals surface area contributed by atoms with Gasteiger partial charge in [-0.15, -0.1) is 11.6 Å². The molecule has 0 spiro atoms. The summed E-state index contributed by atoms with van der Waals surface area (Å²) in [4.78, 5) is 10.5. The maximum Gasteiger partial charge on any atom is 0.277 e. The number of benzene rings is 1. The fourth-order valence-corrected chi connectivity index (χ4v) is 2.15. The van der Waals surface area contributed by atoms with Crippen LogP contribution in [0, 0.1) is 10.1 Å². The van der Waals surface area contributed by atoms with Crippen LogP contribution in [0.4, 0.5) is 5.69 Å². The minimum atomic E-state index is -0.466. The summed E-state index contributed by atoms with van der Waals surface area (Å²) in [6.45, 7) is 0.495. The van der Waals surface area contributed by atoms with Crippen LogP contribution in [-0.4, -0.2) is 30.6 Å². The van der Waals surface area contributed by atoms with E-state index in [1.807, 2.05) is 6.26 Å². The van der Waals surface area contributed by atoms with Gasteiger partial charge < -0.3 is 9.47 Å². The second-order valence-corrected chi connectivity index (χ2v) is 4.97. The van der Waals surface area contributed by atoms with E-state index in [2.05, 4.69) is 0 Å². The zero-order valence-corrected chi connectivity index (χ0v) is 12.4. The van der Waals surface area contributed by atoms with Gasteiger partial charge in [0.1, 0.15) is 0 Å². The number of halogens is 1. The Labute approximate surface area is 121 Å². The van der Waals surface area contributed by atoms with Gasteiger partial charge in [-0.05, 0) is 24.5 Å². The van der Waals surface area contributed by atoms with E-state index < -0.39 is 4.92 Å². The van der Waals surface area contributed by atoms with Crippen LogP contribution in [0.5, 0.6) is 11.5 Å². The van der Waals surface area contributed by atoms with E-state index in [0.717, 1.165) is 12.2 Å². The molecule has 0 aliphatic rings. The number of alkyl halides is 1. The summed E-state index contributed by atoms with van der Waals surface area (Å²) in [5, 5.41) is 11.0. The van der Waals surface area contributed by atoms with Crippen molar-refractivity contribution in [2.24, 2.45) is 0 Å². The molecule has 0 aliphatic heterocycles. The topological polar surface area (TPSA) is 61.6 Å². The summed E-state index contributed by atoms with van der Waals surface area (Å²) in [6, 6.07) is 2.92. The van der Waals surface area contributed by atoms with E-state index in [4.69, 9.17) is 21.1 Å². The number of ether oxygens (including phenoxy) is 2. The quantitative estimate of drug-likeness (QED) is 0.318. The van der Waals surface area contributed by atoms with Crippen LogP contribution < -0.4 is 9.47 Å². The normalized spacial score (nSPS) is 10.3. The van der Waals surface area contributed by atoms with Crippen molar-refractivity contribution in [3.05, 3.63) is 27.8 Å². The molecule has 0 saturated heterocycles. The zero-order chi connectivity index (χ0) is 14.3. The Hall–Kier alpha value is -1.14. The molecule has 1 rings (SSSR count). The van der Waals surface area contributed by atoms with Gasteiger partial charge in [-0.25, -0.2) is 0 Å². The summed E-state index contributed by atoms with van der Waals surface area (Å²) in [6.07, 6.45) is 2.88. The number of nitrogens with zero attached hydrogens (tertiary/aromatic N) is 1. The van der Waals surface area contributed by atoms with Crippen LogP contribution in [0.25, 0.3) is 0 Å². The average Bonchev–Trinajstić information content (AvgIpc) is 2.42. The summed E-state index contributed by atoms with van der Waals surface area (Å²) in [5.41, 5.74) is 0.371. The lowest BCUT2D eigenvalue weighted by Crippen LogP contribution is -2.03. The van der Waals surface area contributed by atoms with E-state index >= 15 is 0 Å². The number of nitro groups is 1. The molecule has 0 N–H and O–H groups in total. The molecule has 5 nitrogen and oxygen atoms in total. The summed E-state index contributed by atoms with van der Waals surface area (Å²) >= 11 is 7.42. The fourth-order valence-electron chi connectivity index (χ4n) is 1.53. The van der Waals surface area contributed by atoms with E-state index in [1.165, 1.54) is 13.2 Å². The number of hydrogen-bond acceptors (Lipinski definition) is 5. The van der Waals surface area contributed by atoms with Crippen molar-refractivity contribution < 1.29 is 14.4 Å². The van der Waals surface area contributed by atoms with Crippen LogP contribution in [0.2, 0.25) is 0 Å². The highest BCUT2D eigenvalue weighted by Gasteiger charge is 2.19. The van der Waals surface area contributed by atoms with E-state index in [0.29, 0.717) is 23.7 Å². The van der Waals surface area contributed by atoms with Gasteiger partial charge in [0.25, 0.3) is 5.69 Å². The lowest BCUT2D eigenvalue weighted by Gasteiger charge is -2.11. The van der Waals surface area contributed by atoms with Crippen molar-refractivity contribution in [2.75, 3.05) is 25.7 Å². The van der Waals surface area contributed by atoms with Gasteiger partial charge in [-0.2, -0.15) is 11.8 Å². The summed E-state index contributed by atoms with van der Waals surface area (Å²) in [7, 11) is 1.49. The van der Waals surface area contributed by atoms with Gasteiger partial charge in [0.2, 0.25) is 0 Å². The number of rotatable bonds is 8. The molecule has 0 radical (unpaired) electrons. The molecule has 0 unspecified atom stereocenters. The van der Waals surface area contributed by atoms with Crippen LogP contribution >= 0.6 is 23.4 Å². The highest BCUT2D eigenvalue weighted by molar-refractivity contribution is 7.98. The summed E-state index contributed by atoms with van der Waals surface area (Å²) < 4.78 is 10.7.